The molecule has 0 spiro atoms. The van der Waals surface area contributed by atoms with Crippen molar-refractivity contribution >= 4 is 0 Å². The molecule has 2 N–H and O–H groups in total. The van der Waals surface area contributed by atoms with Crippen LogP contribution in [0.25, 0.3) is 0 Å². The van der Waals surface area contributed by atoms with Crippen LogP contribution in [0.1, 0.15) is 36.1 Å². The van der Waals surface area contributed by atoms with Gasteiger partial charge in [-0.2, -0.15) is 0 Å². The minimum absolute atomic E-state index is 0.367. The number of aryl methyl sites for hydroxylation is 2. The van der Waals surface area contributed by atoms with E-state index in [-0.39, 0.29) is 0 Å². The van der Waals surface area contributed by atoms with Gasteiger partial charge >= 0.3 is 0 Å². The maximum atomic E-state index is 9.69. The fraction of sp³-hybridized carbons (Fsp3) is 0.294. The van der Waals surface area contributed by atoms with Gasteiger partial charge in [0.15, 0.2) is 0 Å². The molecule has 0 amide bonds. The van der Waals surface area contributed by atoms with Crippen LogP contribution in [-0.2, 0) is 19.3 Å². The number of rotatable bonds is 4. The van der Waals surface area contributed by atoms with Crippen LogP contribution in [0, 0.1) is 0 Å². The van der Waals surface area contributed by atoms with Crippen molar-refractivity contribution in [1.82, 2.24) is 0 Å². The second-order valence-electron chi connectivity index (χ2n) is 4.81. The molecule has 19 heavy (non-hydrogen) atoms. The zero-order valence-electron chi connectivity index (χ0n) is 11.5. The third-order valence-corrected chi connectivity index (χ3v) is 3.46. The van der Waals surface area contributed by atoms with Gasteiger partial charge in [0.25, 0.3) is 0 Å². The van der Waals surface area contributed by atoms with Crippen LogP contribution in [0.2, 0.25) is 0 Å². The Labute approximate surface area is 114 Å². The molecule has 0 aliphatic rings. The Hall–Kier alpha value is -1.96. The van der Waals surface area contributed by atoms with Gasteiger partial charge < -0.3 is 10.2 Å². The van der Waals surface area contributed by atoms with Gasteiger partial charge in [0.05, 0.1) is 0 Å². The molecule has 2 aromatic carbocycles. The van der Waals surface area contributed by atoms with E-state index >= 15 is 0 Å². The Bertz CT molecular complexity index is 522. The number of phenols is 2. The lowest BCUT2D eigenvalue weighted by atomic mass is 9.99. The molecular weight excluding hydrogens is 236 g/mol. The van der Waals surface area contributed by atoms with Crippen LogP contribution in [0.3, 0.4) is 0 Å². The van der Waals surface area contributed by atoms with E-state index in [0.717, 1.165) is 30.4 Å². The largest absolute Gasteiger partial charge is 0.508 e. The van der Waals surface area contributed by atoms with Crippen molar-refractivity contribution in [2.45, 2.75) is 33.1 Å². The van der Waals surface area contributed by atoms with E-state index in [1.807, 2.05) is 38.1 Å². The number of hydrogen-bond donors (Lipinski definition) is 2. The zero-order chi connectivity index (χ0) is 13.8. The van der Waals surface area contributed by atoms with Crippen LogP contribution in [-0.4, -0.2) is 10.2 Å². The van der Waals surface area contributed by atoms with Gasteiger partial charge in [0.2, 0.25) is 0 Å². The molecule has 0 heterocycles. The van der Waals surface area contributed by atoms with Crippen molar-refractivity contribution in [1.29, 1.82) is 0 Å². The zero-order valence-corrected chi connectivity index (χ0v) is 11.5. The van der Waals surface area contributed by atoms with Crippen LogP contribution in [0.4, 0.5) is 0 Å². The summed E-state index contributed by atoms with van der Waals surface area (Å²) < 4.78 is 0. The molecule has 0 aliphatic carbocycles. The highest BCUT2D eigenvalue weighted by Gasteiger charge is 2.04. The molecule has 0 aromatic heterocycles. The van der Waals surface area contributed by atoms with Crippen LogP contribution < -0.4 is 0 Å². The predicted octanol–water partition coefficient (Wildman–Crippen LogP) is 3.81. The first-order valence-corrected chi connectivity index (χ1v) is 6.75. The summed E-state index contributed by atoms with van der Waals surface area (Å²) in [7, 11) is 0. The Balaban J connectivity index is 2.25. The molecule has 0 aliphatic heterocycles. The Morgan fingerprint density at radius 2 is 1.16 bits per heavy atom. The summed E-state index contributed by atoms with van der Waals surface area (Å²) in [5, 5.41) is 19.4. The van der Waals surface area contributed by atoms with E-state index in [9.17, 15) is 10.2 Å². The molecule has 0 radical (unpaired) electrons. The molecule has 2 aromatic rings. The van der Waals surface area contributed by atoms with Crippen molar-refractivity contribution in [3.63, 3.8) is 0 Å². The average molecular weight is 256 g/mol. The molecule has 0 saturated heterocycles. The molecule has 2 nitrogen and oxygen atoms in total. The van der Waals surface area contributed by atoms with Gasteiger partial charge in [-0.05, 0) is 53.6 Å². The highest BCUT2D eigenvalue weighted by atomic mass is 16.3. The maximum Gasteiger partial charge on any atom is 0.118 e. The minimum atomic E-state index is 0.367. The lowest BCUT2D eigenvalue weighted by Crippen LogP contribution is -1.92. The highest BCUT2D eigenvalue weighted by molar-refractivity contribution is 5.41. The third kappa shape index (κ3) is 3.08. The van der Waals surface area contributed by atoms with Gasteiger partial charge in [-0.3, -0.25) is 0 Å². The second-order valence-corrected chi connectivity index (χ2v) is 4.81. The number of hydrogen-bond acceptors (Lipinski definition) is 2. The Morgan fingerprint density at radius 1 is 0.737 bits per heavy atom. The molecule has 0 saturated carbocycles. The first-order valence-electron chi connectivity index (χ1n) is 6.75. The number of phenolic OH excluding ortho intramolecular Hbond substituents is 2. The van der Waals surface area contributed by atoms with E-state index in [1.54, 1.807) is 12.1 Å². The monoisotopic (exact) mass is 256 g/mol. The highest BCUT2D eigenvalue weighted by Crippen LogP contribution is 2.23. The first-order chi connectivity index (χ1) is 9.13. The maximum absolute atomic E-state index is 9.69. The fourth-order valence-corrected chi connectivity index (χ4v) is 2.30. The van der Waals surface area contributed by atoms with Crippen molar-refractivity contribution in [2.24, 2.45) is 0 Å². The van der Waals surface area contributed by atoms with Gasteiger partial charge in [-0.15, -0.1) is 0 Å². The SMILES string of the molecule is CCc1cc(Cc2ccc(O)c(CC)c2)ccc1O. The van der Waals surface area contributed by atoms with E-state index in [1.165, 1.54) is 11.1 Å². The van der Waals surface area contributed by atoms with Crippen LogP contribution >= 0.6 is 0 Å². The summed E-state index contributed by atoms with van der Waals surface area (Å²) in [6.07, 6.45) is 2.48. The molecular formula is C17H20O2. The summed E-state index contributed by atoms with van der Waals surface area (Å²) in [4.78, 5) is 0. The van der Waals surface area contributed by atoms with Crippen molar-refractivity contribution in [3.05, 3.63) is 58.7 Å². The van der Waals surface area contributed by atoms with E-state index in [0.29, 0.717) is 11.5 Å². The van der Waals surface area contributed by atoms with E-state index < -0.39 is 0 Å². The summed E-state index contributed by atoms with van der Waals surface area (Å²) in [5.41, 5.74) is 4.32. The minimum Gasteiger partial charge on any atom is -0.508 e. The van der Waals surface area contributed by atoms with Gasteiger partial charge in [-0.1, -0.05) is 38.1 Å². The normalized spacial score (nSPS) is 10.6. The van der Waals surface area contributed by atoms with Crippen molar-refractivity contribution < 1.29 is 10.2 Å². The van der Waals surface area contributed by atoms with Crippen molar-refractivity contribution in [2.75, 3.05) is 0 Å². The molecule has 2 heteroatoms. The predicted molar refractivity (Wildman–Crippen MR) is 77.8 cm³/mol. The Kier molecular flexibility index (Phi) is 4.10. The second kappa shape index (κ2) is 5.79. The molecule has 0 bridgehead atoms. The van der Waals surface area contributed by atoms with Gasteiger partial charge in [-0.25, -0.2) is 0 Å². The lowest BCUT2D eigenvalue weighted by Gasteiger charge is -2.08. The fourth-order valence-electron chi connectivity index (χ4n) is 2.30. The molecule has 0 unspecified atom stereocenters. The van der Waals surface area contributed by atoms with E-state index in [4.69, 9.17) is 0 Å². The van der Waals surface area contributed by atoms with Crippen LogP contribution in [0.15, 0.2) is 36.4 Å². The average Bonchev–Trinajstić information content (AvgIpc) is 2.43. The summed E-state index contributed by atoms with van der Waals surface area (Å²) >= 11 is 0. The summed E-state index contributed by atoms with van der Waals surface area (Å²) in [6, 6.07) is 11.5. The molecule has 2 rings (SSSR count). The van der Waals surface area contributed by atoms with Gasteiger partial charge in [0.1, 0.15) is 11.5 Å². The third-order valence-electron chi connectivity index (χ3n) is 3.46. The smallest absolute Gasteiger partial charge is 0.118 e. The quantitative estimate of drug-likeness (QED) is 0.873. The molecule has 100 valence electrons. The summed E-state index contributed by atoms with van der Waals surface area (Å²) in [6.45, 7) is 4.07. The molecule has 0 atom stereocenters. The first kappa shape index (κ1) is 13.5. The van der Waals surface area contributed by atoms with E-state index in [2.05, 4.69) is 0 Å². The lowest BCUT2D eigenvalue weighted by molar-refractivity contribution is 0.468. The standard InChI is InChI=1S/C17H20O2/c1-3-14-10-12(5-7-16(14)18)9-13-6-8-17(19)15(4-2)11-13/h5-8,10-11,18-19H,3-4,9H2,1-2H3. The van der Waals surface area contributed by atoms with Crippen LogP contribution in [0.5, 0.6) is 11.5 Å². The number of benzene rings is 2. The van der Waals surface area contributed by atoms with Crippen molar-refractivity contribution in [3.8, 4) is 11.5 Å². The summed E-state index contributed by atoms with van der Waals surface area (Å²) in [5.74, 6) is 0.734. The van der Waals surface area contributed by atoms with Gasteiger partial charge in [0, 0.05) is 0 Å². The molecule has 0 fully saturated rings. The number of aromatic hydroxyl groups is 2. The Morgan fingerprint density at radius 3 is 1.53 bits per heavy atom. The topological polar surface area (TPSA) is 40.5 Å².